The standard InChI is InChI=1S/C19H20BrClN6O/c1-3-15(12-23-18-7-5-14(21)11-22-18)26(2)19(28)16-10-13(20)4-6-17(16)27-24-8-9-25-27/h4-11,15H,3,12H2,1-2H3,(H,22,23)/t15-/m0/s1. The Balaban J connectivity index is 1.78. The van der Waals surface area contributed by atoms with Gasteiger partial charge in [-0.2, -0.15) is 15.0 Å². The molecule has 1 N–H and O–H groups in total. The molecule has 0 spiro atoms. The van der Waals surface area contributed by atoms with E-state index in [1.807, 2.05) is 25.1 Å². The van der Waals surface area contributed by atoms with E-state index in [2.05, 4.69) is 36.4 Å². The van der Waals surface area contributed by atoms with Gasteiger partial charge in [-0.1, -0.05) is 34.5 Å². The molecule has 0 unspecified atom stereocenters. The monoisotopic (exact) mass is 462 g/mol. The maximum Gasteiger partial charge on any atom is 0.256 e. The average Bonchev–Trinajstić information content (AvgIpc) is 3.23. The third kappa shape index (κ3) is 4.69. The van der Waals surface area contributed by atoms with Crippen LogP contribution in [-0.4, -0.2) is 50.4 Å². The van der Waals surface area contributed by atoms with Gasteiger partial charge in [0, 0.05) is 30.3 Å². The number of hydrogen-bond acceptors (Lipinski definition) is 5. The summed E-state index contributed by atoms with van der Waals surface area (Å²) in [6, 6.07) is 9.04. The molecule has 7 nitrogen and oxygen atoms in total. The molecule has 28 heavy (non-hydrogen) atoms. The van der Waals surface area contributed by atoms with Crippen molar-refractivity contribution in [1.82, 2.24) is 24.9 Å². The highest BCUT2D eigenvalue weighted by Gasteiger charge is 2.23. The van der Waals surface area contributed by atoms with Gasteiger partial charge in [0.15, 0.2) is 0 Å². The van der Waals surface area contributed by atoms with Crippen molar-refractivity contribution in [3.8, 4) is 5.69 Å². The minimum Gasteiger partial charge on any atom is -0.368 e. The number of halogens is 2. The van der Waals surface area contributed by atoms with Crippen LogP contribution in [0.25, 0.3) is 5.69 Å². The zero-order valence-electron chi connectivity index (χ0n) is 15.5. The van der Waals surface area contributed by atoms with Crippen molar-refractivity contribution in [3.05, 3.63) is 64.0 Å². The third-order valence-corrected chi connectivity index (χ3v) is 5.13. The molecule has 0 aliphatic heterocycles. The molecule has 1 atom stereocenters. The molecule has 0 aliphatic rings. The van der Waals surface area contributed by atoms with Gasteiger partial charge in [-0.05, 0) is 36.8 Å². The SMILES string of the molecule is CC[C@@H](CNc1ccc(Cl)cn1)N(C)C(=O)c1cc(Br)ccc1-n1nccn1. The van der Waals surface area contributed by atoms with Gasteiger partial charge in [0.1, 0.15) is 5.82 Å². The smallest absolute Gasteiger partial charge is 0.256 e. The van der Waals surface area contributed by atoms with Gasteiger partial charge >= 0.3 is 0 Å². The van der Waals surface area contributed by atoms with E-state index in [0.717, 1.165) is 10.9 Å². The van der Waals surface area contributed by atoms with Crippen molar-refractivity contribution in [2.24, 2.45) is 0 Å². The molecular weight excluding hydrogens is 444 g/mol. The molecule has 0 radical (unpaired) electrons. The van der Waals surface area contributed by atoms with Crippen LogP contribution in [0, 0.1) is 0 Å². The number of rotatable bonds is 7. The minimum absolute atomic E-state index is 0.0256. The summed E-state index contributed by atoms with van der Waals surface area (Å²) in [7, 11) is 1.80. The highest BCUT2D eigenvalue weighted by molar-refractivity contribution is 9.10. The Morgan fingerprint density at radius 1 is 1.29 bits per heavy atom. The number of hydrogen-bond donors (Lipinski definition) is 1. The van der Waals surface area contributed by atoms with Crippen LogP contribution in [0.15, 0.2) is 53.4 Å². The first-order chi connectivity index (χ1) is 13.5. The van der Waals surface area contributed by atoms with E-state index in [1.165, 1.54) is 4.80 Å². The summed E-state index contributed by atoms with van der Waals surface area (Å²) in [6.45, 7) is 2.61. The Bertz CT molecular complexity index is 932. The van der Waals surface area contributed by atoms with E-state index in [9.17, 15) is 4.79 Å². The number of nitrogens with zero attached hydrogens (tertiary/aromatic N) is 5. The fourth-order valence-electron chi connectivity index (χ4n) is 2.81. The minimum atomic E-state index is -0.105. The van der Waals surface area contributed by atoms with Crippen LogP contribution in [0.2, 0.25) is 5.02 Å². The van der Waals surface area contributed by atoms with Crippen molar-refractivity contribution in [2.75, 3.05) is 18.9 Å². The molecule has 1 amide bonds. The summed E-state index contributed by atoms with van der Waals surface area (Å²) < 4.78 is 0.816. The lowest BCUT2D eigenvalue weighted by atomic mass is 10.1. The van der Waals surface area contributed by atoms with Gasteiger partial charge in [0.2, 0.25) is 0 Å². The maximum absolute atomic E-state index is 13.2. The summed E-state index contributed by atoms with van der Waals surface area (Å²) in [5.41, 5.74) is 1.16. The van der Waals surface area contributed by atoms with Crippen molar-refractivity contribution in [1.29, 1.82) is 0 Å². The Morgan fingerprint density at radius 3 is 2.68 bits per heavy atom. The molecule has 1 aromatic carbocycles. The summed E-state index contributed by atoms with van der Waals surface area (Å²) in [5.74, 6) is 0.610. The normalized spacial score (nSPS) is 11.9. The van der Waals surface area contributed by atoms with Crippen LogP contribution in [-0.2, 0) is 0 Å². The second kappa shape index (κ2) is 9.16. The van der Waals surface area contributed by atoms with Crippen molar-refractivity contribution in [3.63, 3.8) is 0 Å². The third-order valence-electron chi connectivity index (χ3n) is 4.41. The van der Waals surface area contributed by atoms with Crippen LogP contribution >= 0.6 is 27.5 Å². The van der Waals surface area contributed by atoms with Crippen molar-refractivity contribution < 1.29 is 4.79 Å². The molecule has 9 heteroatoms. The first-order valence-electron chi connectivity index (χ1n) is 8.78. The first kappa shape index (κ1) is 20.3. The van der Waals surface area contributed by atoms with Gasteiger partial charge in [-0.15, -0.1) is 0 Å². The van der Waals surface area contributed by atoms with E-state index in [1.54, 1.807) is 42.7 Å². The van der Waals surface area contributed by atoms with Crippen LogP contribution < -0.4 is 5.32 Å². The number of carbonyl (C=O) groups is 1. The molecule has 3 aromatic rings. The number of anilines is 1. The molecule has 0 saturated heterocycles. The van der Waals surface area contributed by atoms with Gasteiger partial charge in [-0.25, -0.2) is 4.98 Å². The predicted octanol–water partition coefficient (Wildman–Crippen LogP) is 4.04. The number of nitrogens with one attached hydrogen (secondary N) is 1. The van der Waals surface area contributed by atoms with Crippen LogP contribution in [0.1, 0.15) is 23.7 Å². The van der Waals surface area contributed by atoms with E-state index in [0.29, 0.717) is 28.6 Å². The molecule has 0 aliphatic carbocycles. The van der Waals surface area contributed by atoms with E-state index in [4.69, 9.17) is 11.6 Å². The second-order valence-electron chi connectivity index (χ2n) is 6.20. The van der Waals surface area contributed by atoms with E-state index >= 15 is 0 Å². The molecule has 0 fully saturated rings. The Kier molecular flexibility index (Phi) is 6.64. The lowest BCUT2D eigenvalue weighted by Gasteiger charge is -2.28. The molecule has 146 valence electrons. The number of benzene rings is 1. The fraction of sp³-hybridized carbons (Fsp3) is 0.263. The maximum atomic E-state index is 13.2. The van der Waals surface area contributed by atoms with Crippen LogP contribution in [0.5, 0.6) is 0 Å². The Morgan fingerprint density at radius 2 is 2.04 bits per heavy atom. The highest BCUT2D eigenvalue weighted by Crippen LogP contribution is 2.22. The zero-order chi connectivity index (χ0) is 20.1. The van der Waals surface area contributed by atoms with Gasteiger partial charge in [0.05, 0.1) is 28.7 Å². The topological polar surface area (TPSA) is 75.9 Å². The van der Waals surface area contributed by atoms with Crippen LogP contribution in [0.4, 0.5) is 5.82 Å². The quantitative estimate of drug-likeness (QED) is 0.572. The lowest BCUT2D eigenvalue weighted by molar-refractivity contribution is 0.0735. The summed E-state index contributed by atoms with van der Waals surface area (Å²) in [4.78, 5) is 20.7. The van der Waals surface area contributed by atoms with E-state index in [-0.39, 0.29) is 11.9 Å². The van der Waals surface area contributed by atoms with E-state index < -0.39 is 0 Å². The molecular formula is C19H20BrClN6O. The molecule has 0 bridgehead atoms. The summed E-state index contributed by atoms with van der Waals surface area (Å²) in [5, 5.41) is 12.2. The summed E-state index contributed by atoms with van der Waals surface area (Å²) >= 11 is 9.32. The second-order valence-corrected chi connectivity index (χ2v) is 7.55. The fourth-order valence-corrected chi connectivity index (χ4v) is 3.28. The molecule has 3 rings (SSSR count). The van der Waals surface area contributed by atoms with Crippen molar-refractivity contribution in [2.45, 2.75) is 19.4 Å². The Hall–Kier alpha value is -2.45. The largest absolute Gasteiger partial charge is 0.368 e. The number of carbonyl (C=O) groups excluding carboxylic acids is 1. The predicted molar refractivity (Wildman–Crippen MR) is 113 cm³/mol. The number of amides is 1. The van der Waals surface area contributed by atoms with Gasteiger partial charge < -0.3 is 10.2 Å². The number of aromatic nitrogens is 4. The van der Waals surface area contributed by atoms with Gasteiger partial charge in [0.25, 0.3) is 5.91 Å². The molecule has 0 saturated carbocycles. The Labute approximate surface area is 176 Å². The van der Waals surface area contributed by atoms with Crippen LogP contribution in [0.3, 0.4) is 0 Å². The van der Waals surface area contributed by atoms with Crippen molar-refractivity contribution >= 4 is 39.3 Å². The zero-order valence-corrected chi connectivity index (χ0v) is 17.9. The number of likely N-dealkylation sites (N-methyl/N-ethyl adjacent to an activating group) is 1. The average molecular weight is 464 g/mol. The lowest BCUT2D eigenvalue weighted by Crippen LogP contribution is -2.41. The van der Waals surface area contributed by atoms with Gasteiger partial charge in [-0.3, -0.25) is 4.79 Å². The molecule has 2 heterocycles. The number of pyridine rings is 1. The highest BCUT2D eigenvalue weighted by atomic mass is 79.9. The summed E-state index contributed by atoms with van der Waals surface area (Å²) in [6.07, 6.45) is 5.53. The first-order valence-corrected chi connectivity index (χ1v) is 9.95. The molecule has 2 aromatic heterocycles.